The van der Waals surface area contributed by atoms with Gasteiger partial charge >= 0.3 is 5.97 Å². The standard InChI is InChI=1S/C32H33N5O3/c1-21-16-22(2)36(35-21)27-8-5-7-24(17-27)31(19-32(38)39)37-30-13-12-28(18-25(30)20-33-37)40-15-14-26-11-10-23-6-3-4-9-29(23)34-26/h5,7-8,10-13,16-18,20,31H,3-4,6,9,14-15,19H2,1-2H3,(H,38,39). The van der Waals surface area contributed by atoms with Crippen LogP contribution in [-0.2, 0) is 24.1 Å². The minimum absolute atomic E-state index is 0.0939. The van der Waals surface area contributed by atoms with Crippen molar-refractivity contribution < 1.29 is 14.6 Å². The first-order valence-corrected chi connectivity index (χ1v) is 13.9. The topological polar surface area (TPSA) is 95.1 Å². The van der Waals surface area contributed by atoms with E-state index >= 15 is 0 Å². The molecule has 1 atom stereocenters. The van der Waals surface area contributed by atoms with Gasteiger partial charge in [0.05, 0.1) is 42.2 Å². The molecule has 0 saturated heterocycles. The summed E-state index contributed by atoms with van der Waals surface area (Å²) in [5.41, 5.74) is 8.24. The molecule has 0 aliphatic heterocycles. The fourth-order valence-electron chi connectivity index (χ4n) is 5.67. The normalized spacial score (nSPS) is 13.8. The molecule has 1 aliphatic rings. The average Bonchev–Trinajstić information content (AvgIpc) is 3.53. The Morgan fingerprint density at radius 1 is 1.05 bits per heavy atom. The van der Waals surface area contributed by atoms with Crippen LogP contribution in [0.3, 0.4) is 0 Å². The maximum atomic E-state index is 11.9. The van der Waals surface area contributed by atoms with Crippen LogP contribution in [0.4, 0.5) is 0 Å². The molecule has 0 radical (unpaired) electrons. The second-order valence-electron chi connectivity index (χ2n) is 10.6. The first-order chi connectivity index (χ1) is 19.4. The Labute approximate surface area is 233 Å². The number of aryl methyl sites for hydroxylation is 4. The third-order valence-corrected chi connectivity index (χ3v) is 7.60. The summed E-state index contributed by atoms with van der Waals surface area (Å²) < 4.78 is 9.75. The fraction of sp³-hybridized carbons (Fsp3) is 0.312. The second-order valence-corrected chi connectivity index (χ2v) is 10.6. The van der Waals surface area contributed by atoms with Crippen molar-refractivity contribution in [3.63, 3.8) is 0 Å². The van der Waals surface area contributed by atoms with Crippen LogP contribution in [-0.4, -0.2) is 42.2 Å². The Kier molecular flexibility index (Phi) is 7.07. The van der Waals surface area contributed by atoms with Gasteiger partial charge in [0.25, 0.3) is 0 Å². The smallest absolute Gasteiger partial charge is 0.305 e. The lowest BCUT2D eigenvalue weighted by molar-refractivity contribution is -0.137. The zero-order valence-corrected chi connectivity index (χ0v) is 22.9. The van der Waals surface area contributed by atoms with Crippen molar-refractivity contribution in [1.29, 1.82) is 0 Å². The summed E-state index contributed by atoms with van der Waals surface area (Å²) >= 11 is 0. The van der Waals surface area contributed by atoms with Crippen molar-refractivity contribution in [1.82, 2.24) is 24.5 Å². The van der Waals surface area contributed by atoms with Crippen LogP contribution in [0, 0.1) is 13.8 Å². The summed E-state index contributed by atoms with van der Waals surface area (Å²) in [4.78, 5) is 16.8. The highest BCUT2D eigenvalue weighted by molar-refractivity contribution is 5.81. The minimum atomic E-state index is -0.888. The van der Waals surface area contributed by atoms with Gasteiger partial charge in [-0.05, 0) is 93.1 Å². The molecule has 0 spiro atoms. The monoisotopic (exact) mass is 535 g/mol. The maximum Gasteiger partial charge on any atom is 0.305 e. The molecule has 3 aromatic heterocycles. The predicted molar refractivity (Wildman–Crippen MR) is 153 cm³/mol. The fourth-order valence-corrected chi connectivity index (χ4v) is 5.67. The molecule has 0 fully saturated rings. The molecular formula is C32H33N5O3. The van der Waals surface area contributed by atoms with E-state index in [0.29, 0.717) is 6.61 Å². The van der Waals surface area contributed by atoms with Gasteiger partial charge in [-0.3, -0.25) is 14.5 Å². The number of rotatable bonds is 9. The van der Waals surface area contributed by atoms with E-state index in [2.05, 4.69) is 22.3 Å². The summed E-state index contributed by atoms with van der Waals surface area (Å²) in [5.74, 6) is -0.132. The van der Waals surface area contributed by atoms with Crippen LogP contribution < -0.4 is 4.74 Å². The molecule has 204 valence electrons. The van der Waals surface area contributed by atoms with Gasteiger partial charge in [0.1, 0.15) is 5.75 Å². The lowest BCUT2D eigenvalue weighted by Gasteiger charge is -2.19. The molecule has 40 heavy (non-hydrogen) atoms. The molecule has 6 rings (SSSR count). The molecular weight excluding hydrogens is 502 g/mol. The second kappa shape index (κ2) is 11.0. The first kappa shape index (κ1) is 25.8. The van der Waals surface area contributed by atoms with E-state index in [0.717, 1.165) is 64.2 Å². The lowest BCUT2D eigenvalue weighted by Crippen LogP contribution is -2.16. The Morgan fingerprint density at radius 3 is 2.75 bits per heavy atom. The molecule has 5 aromatic rings. The maximum absolute atomic E-state index is 11.9. The van der Waals surface area contributed by atoms with Crippen LogP contribution in [0.1, 0.15) is 59.2 Å². The Morgan fingerprint density at radius 2 is 1.93 bits per heavy atom. The number of carboxylic acids is 1. The van der Waals surface area contributed by atoms with Crippen molar-refractivity contribution in [2.75, 3.05) is 6.61 Å². The quantitative estimate of drug-likeness (QED) is 0.256. The highest BCUT2D eigenvalue weighted by Gasteiger charge is 2.22. The number of fused-ring (bicyclic) bond motifs is 2. The van der Waals surface area contributed by atoms with Gasteiger partial charge in [0.15, 0.2) is 0 Å². The van der Waals surface area contributed by atoms with Gasteiger partial charge in [-0.2, -0.15) is 10.2 Å². The summed E-state index contributed by atoms with van der Waals surface area (Å²) in [6, 6.07) is 19.6. The van der Waals surface area contributed by atoms with Crippen LogP contribution in [0.5, 0.6) is 5.75 Å². The van der Waals surface area contributed by atoms with Crippen LogP contribution >= 0.6 is 0 Å². The molecule has 1 aliphatic carbocycles. The highest BCUT2D eigenvalue weighted by atomic mass is 16.5. The SMILES string of the molecule is Cc1cc(C)n(-c2cccc(C(CC(=O)O)n3ncc4cc(OCCc5ccc6c(n5)CCCC6)ccc43)c2)n1. The van der Waals surface area contributed by atoms with E-state index in [-0.39, 0.29) is 6.42 Å². The van der Waals surface area contributed by atoms with Crippen molar-refractivity contribution in [2.24, 2.45) is 0 Å². The molecule has 8 nitrogen and oxygen atoms in total. The van der Waals surface area contributed by atoms with Gasteiger partial charge in [0, 0.05) is 28.9 Å². The van der Waals surface area contributed by atoms with E-state index in [9.17, 15) is 9.90 Å². The molecule has 3 heterocycles. The van der Waals surface area contributed by atoms with Crippen molar-refractivity contribution in [2.45, 2.75) is 58.4 Å². The summed E-state index contributed by atoms with van der Waals surface area (Å²) in [5, 5.41) is 19.9. The average molecular weight is 536 g/mol. The number of aromatic nitrogens is 5. The van der Waals surface area contributed by atoms with Crippen molar-refractivity contribution in [3.05, 3.63) is 101 Å². The van der Waals surface area contributed by atoms with Crippen LogP contribution in [0.15, 0.2) is 66.9 Å². The van der Waals surface area contributed by atoms with Crippen LogP contribution in [0.25, 0.3) is 16.6 Å². The van der Waals surface area contributed by atoms with Gasteiger partial charge in [0.2, 0.25) is 0 Å². The minimum Gasteiger partial charge on any atom is -0.493 e. The van der Waals surface area contributed by atoms with E-state index < -0.39 is 12.0 Å². The zero-order valence-electron chi connectivity index (χ0n) is 22.9. The molecule has 0 amide bonds. The van der Waals surface area contributed by atoms with Crippen molar-refractivity contribution in [3.8, 4) is 11.4 Å². The van der Waals surface area contributed by atoms with E-state index in [1.165, 1.54) is 24.1 Å². The third kappa shape index (κ3) is 5.34. The number of pyridine rings is 1. The first-order valence-electron chi connectivity index (χ1n) is 13.9. The summed E-state index contributed by atoms with van der Waals surface area (Å²) in [6.45, 7) is 4.50. The van der Waals surface area contributed by atoms with Crippen molar-refractivity contribution >= 4 is 16.9 Å². The molecule has 0 saturated carbocycles. The lowest BCUT2D eigenvalue weighted by atomic mass is 9.96. The van der Waals surface area contributed by atoms with Gasteiger partial charge < -0.3 is 9.84 Å². The van der Waals surface area contributed by atoms with Crippen LogP contribution in [0.2, 0.25) is 0 Å². The Balaban J connectivity index is 1.22. The van der Waals surface area contributed by atoms with E-state index in [1.807, 2.05) is 67.1 Å². The number of carboxylic acid groups (broad SMARTS) is 1. The molecule has 2 aromatic carbocycles. The number of benzene rings is 2. The highest BCUT2D eigenvalue weighted by Crippen LogP contribution is 2.30. The Hall–Kier alpha value is -4.46. The van der Waals surface area contributed by atoms with Gasteiger partial charge in [-0.15, -0.1) is 0 Å². The predicted octanol–water partition coefficient (Wildman–Crippen LogP) is 5.80. The van der Waals surface area contributed by atoms with E-state index in [4.69, 9.17) is 9.72 Å². The number of nitrogens with zero attached hydrogens (tertiary/aromatic N) is 5. The zero-order chi connectivity index (χ0) is 27.6. The Bertz CT molecular complexity index is 1690. The number of hydrogen-bond donors (Lipinski definition) is 1. The number of carbonyl (C=O) groups is 1. The third-order valence-electron chi connectivity index (χ3n) is 7.60. The van der Waals surface area contributed by atoms with E-state index in [1.54, 1.807) is 10.9 Å². The largest absolute Gasteiger partial charge is 0.493 e. The number of ether oxygens (including phenoxy) is 1. The summed E-state index contributed by atoms with van der Waals surface area (Å²) in [6.07, 6.45) is 7.10. The molecule has 1 N–H and O–H groups in total. The van der Waals surface area contributed by atoms with Gasteiger partial charge in [-0.1, -0.05) is 18.2 Å². The molecule has 0 bridgehead atoms. The summed E-state index contributed by atoms with van der Waals surface area (Å²) in [7, 11) is 0. The molecule has 1 unspecified atom stereocenters. The number of hydrogen-bond acceptors (Lipinski definition) is 5. The number of aliphatic carboxylic acids is 1. The molecule has 8 heteroatoms. The van der Waals surface area contributed by atoms with Gasteiger partial charge in [-0.25, -0.2) is 4.68 Å².